The van der Waals surface area contributed by atoms with E-state index in [0.717, 1.165) is 15.4 Å². The molecule has 2 rings (SSSR count). The molecule has 0 aliphatic heterocycles. The summed E-state index contributed by atoms with van der Waals surface area (Å²) in [6.45, 7) is 0. The highest BCUT2D eigenvalue weighted by Gasteiger charge is 2.01. The van der Waals surface area contributed by atoms with Crippen molar-refractivity contribution < 1.29 is 0 Å². The molecule has 1 radical (unpaired) electrons. The van der Waals surface area contributed by atoms with Crippen LogP contribution in [0.2, 0.25) is 0 Å². The van der Waals surface area contributed by atoms with E-state index in [-0.39, 0.29) is 0 Å². The van der Waals surface area contributed by atoms with Gasteiger partial charge in [-0.05, 0) is 22.0 Å². The van der Waals surface area contributed by atoms with Crippen LogP contribution in [0.1, 0.15) is 0 Å². The molecule has 1 aromatic heterocycles. The van der Waals surface area contributed by atoms with Crippen LogP contribution in [0.3, 0.4) is 0 Å². The van der Waals surface area contributed by atoms with Crippen LogP contribution in [0.4, 0.5) is 0 Å². The van der Waals surface area contributed by atoms with Gasteiger partial charge in [-0.2, -0.15) is 5.10 Å². The van der Waals surface area contributed by atoms with Crippen molar-refractivity contribution >= 4 is 26.8 Å². The quantitative estimate of drug-likeness (QED) is 0.651. The van der Waals surface area contributed by atoms with Gasteiger partial charge in [-0.1, -0.05) is 12.1 Å². The lowest BCUT2D eigenvalue weighted by Crippen LogP contribution is -1.88. The lowest BCUT2D eigenvalue weighted by Gasteiger charge is -1.94. The molecule has 2 aromatic rings. The summed E-state index contributed by atoms with van der Waals surface area (Å²) in [5.41, 5.74) is 1.09. The van der Waals surface area contributed by atoms with Crippen LogP contribution in [-0.4, -0.2) is 9.78 Å². The van der Waals surface area contributed by atoms with Crippen LogP contribution in [0.25, 0.3) is 10.9 Å². The second-order valence-corrected chi connectivity index (χ2v) is 3.16. The highest BCUT2D eigenvalue weighted by Crippen LogP contribution is 2.21. The van der Waals surface area contributed by atoms with Gasteiger partial charge in [0.2, 0.25) is 0 Å². The number of benzene rings is 1. The van der Waals surface area contributed by atoms with Gasteiger partial charge in [-0.25, -0.2) is 0 Å². The first kappa shape index (κ1) is 6.85. The van der Waals surface area contributed by atoms with Crippen molar-refractivity contribution in [2.45, 2.75) is 0 Å². The molecule has 0 bridgehead atoms. The van der Waals surface area contributed by atoms with Crippen LogP contribution in [0.15, 0.2) is 22.8 Å². The van der Waals surface area contributed by atoms with Gasteiger partial charge in [0.05, 0.1) is 16.2 Å². The number of hydrogen-bond donors (Lipinski definition) is 0. The number of halogens is 1. The van der Waals surface area contributed by atoms with Crippen molar-refractivity contribution in [1.82, 2.24) is 9.78 Å². The van der Waals surface area contributed by atoms with Gasteiger partial charge in [0.15, 0.2) is 0 Å². The third-order valence-corrected chi connectivity index (χ3v) is 2.25. The second-order valence-electron chi connectivity index (χ2n) is 2.36. The van der Waals surface area contributed by atoms with E-state index in [9.17, 15) is 0 Å². The molecule has 11 heavy (non-hydrogen) atoms. The Morgan fingerprint density at radius 3 is 3.18 bits per heavy atom. The van der Waals surface area contributed by atoms with Gasteiger partial charge in [0, 0.05) is 12.4 Å². The van der Waals surface area contributed by atoms with E-state index >= 15 is 0 Å². The summed E-state index contributed by atoms with van der Waals surface area (Å²) in [6, 6.07) is 6.93. The molecular formula is C8H6BrN2. The maximum Gasteiger partial charge on any atom is 0.0827 e. The number of nitrogens with zero attached hydrogens (tertiary/aromatic N) is 2. The summed E-state index contributed by atoms with van der Waals surface area (Å²) >= 11 is 3.41. The standard InChI is InChI=1S/C8H6BrN2/c1-11-8-6(5-10-11)3-2-4-7(8)9/h2-3,5H,1H3. The molecule has 0 fully saturated rings. The number of hydrogen-bond acceptors (Lipinski definition) is 1. The smallest absolute Gasteiger partial charge is 0.0827 e. The maximum absolute atomic E-state index is 4.12. The maximum atomic E-state index is 4.12. The number of aromatic nitrogens is 2. The largest absolute Gasteiger partial charge is 0.267 e. The predicted molar refractivity (Wildman–Crippen MR) is 47.3 cm³/mol. The number of rotatable bonds is 0. The molecule has 1 aromatic carbocycles. The van der Waals surface area contributed by atoms with Gasteiger partial charge in [0.25, 0.3) is 0 Å². The second kappa shape index (κ2) is 2.34. The number of aryl methyl sites for hydroxylation is 1. The predicted octanol–water partition coefficient (Wildman–Crippen LogP) is 2.14. The lowest BCUT2D eigenvalue weighted by molar-refractivity contribution is 0.795. The van der Waals surface area contributed by atoms with Crippen LogP contribution in [0.5, 0.6) is 0 Å². The molecule has 0 saturated carbocycles. The monoisotopic (exact) mass is 209 g/mol. The Labute approximate surface area is 73.0 Å². The molecule has 0 N–H and O–H groups in total. The van der Waals surface area contributed by atoms with Crippen molar-refractivity contribution in [1.29, 1.82) is 0 Å². The Morgan fingerprint density at radius 1 is 1.64 bits per heavy atom. The van der Waals surface area contributed by atoms with Gasteiger partial charge >= 0.3 is 0 Å². The fourth-order valence-electron chi connectivity index (χ4n) is 1.12. The number of fused-ring (bicyclic) bond motifs is 1. The zero-order chi connectivity index (χ0) is 7.84. The molecule has 0 aliphatic carbocycles. The Hall–Kier alpha value is -0.830. The first-order valence-corrected chi connectivity index (χ1v) is 4.06. The molecule has 0 unspecified atom stereocenters. The van der Waals surface area contributed by atoms with Gasteiger partial charge in [-0.3, -0.25) is 4.68 Å². The summed E-state index contributed by atoms with van der Waals surface area (Å²) in [4.78, 5) is 0. The van der Waals surface area contributed by atoms with E-state index in [1.54, 1.807) is 0 Å². The molecule has 1 heterocycles. The molecular weight excluding hydrogens is 204 g/mol. The minimum Gasteiger partial charge on any atom is -0.267 e. The molecule has 0 atom stereocenters. The summed E-state index contributed by atoms with van der Waals surface area (Å²) in [5.74, 6) is 0. The fourth-order valence-corrected chi connectivity index (χ4v) is 1.74. The van der Waals surface area contributed by atoms with E-state index in [2.05, 4.69) is 27.1 Å². The van der Waals surface area contributed by atoms with Crippen molar-refractivity contribution in [2.75, 3.05) is 0 Å². The summed E-state index contributed by atoms with van der Waals surface area (Å²) in [7, 11) is 1.92. The van der Waals surface area contributed by atoms with Gasteiger partial charge < -0.3 is 0 Å². The third-order valence-electron chi connectivity index (χ3n) is 1.65. The topological polar surface area (TPSA) is 17.8 Å². The first-order valence-electron chi connectivity index (χ1n) is 3.27. The summed E-state index contributed by atoms with van der Waals surface area (Å²) in [6.07, 6.45) is 1.84. The molecule has 0 spiro atoms. The Kier molecular flexibility index (Phi) is 1.46. The summed E-state index contributed by atoms with van der Waals surface area (Å²) < 4.78 is 2.80. The average Bonchev–Trinajstić information content (AvgIpc) is 2.34. The zero-order valence-corrected chi connectivity index (χ0v) is 7.59. The molecule has 3 heteroatoms. The first-order chi connectivity index (χ1) is 5.29. The van der Waals surface area contributed by atoms with Crippen LogP contribution in [-0.2, 0) is 7.05 Å². The SMILES string of the molecule is Cn1ncc2cc[c]c(Br)c21. The van der Waals surface area contributed by atoms with Gasteiger partial charge in [0.1, 0.15) is 0 Å². The molecule has 55 valence electrons. The average molecular weight is 210 g/mol. The van der Waals surface area contributed by atoms with E-state index < -0.39 is 0 Å². The zero-order valence-electron chi connectivity index (χ0n) is 6.00. The molecule has 0 saturated heterocycles. The minimum absolute atomic E-state index is 0.968. The third kappa shape index (κ3) is 0.959. The molecule has 0 amide bonds. The van der Waals surface area contributed by atoms with Crippen molar-refractivity contribution in [3.63, 3.8) is 0 Å². The van der Waals surface area contributed by atoms with E-state index in [1.165, 1.54) is 0 Å². The summed E-state index contributed by atoms with van der Waals surface area (Å²) in [5, 5.41) is 5.26. The highest BCUT2D eigenvalue weighted by molar-refractivity contribution is 9.10. The molecule has 2 nitrogen and oxygen atoms in total. The van der Waals surface area contributed by atoms with Crippen molar-refractivity contribution in [2.24, 2.45) is 7.05 Å². The van der Waals surface area contributed by atoms with Crippen molar-refractivity contribution in [3.8, 4) is 0 Å². The van der Waals surface area contributed by atoms with E-state index in [4.69, 9.17) is 0 Å². The van der Waals surface area contributed by atoms with Gasteiger partial charge in [-0.15, -0.1) is 0 Å². The molecule has 0 aliphatic rings. The van der Waals surface area contributed by atoms with E-state index in [1.807, 2.05) is 30.1 Å². The fraction of sp³-hybridized carbons (Fsp3) is 0.125. The Bertz CT molecular complexity index is 392. The van der Waals surface area contributed by atoms with Crippen LogP contribution in [0, 0.1) is 6.07 Å². The normalized spacial score (nSPS) is 10.7. The van der Waals surface area contributed by atoms with Crippen LogP contribution >= 0.6 is 15.9 Å². The Morgan fingerprint density at radius 2 is 2.45 bits per heavy atom. The van der Waals surface area contributed by atoms with Crippen LogP contribution < -0.4 is 0 Å². The van der Waals surface area contributed by atoms with E-state index in [0.29, 0.717) is 0 Å². The minimum atomic E-state index is 0.968. The lowest BCUT2D eigenvalue weighted by atomic mass is 10.3. The highest BCUT2D eigenvalue weighted by atomic mass is 79.9. The Balaban J connectivity index is 2.96. The van der Waals surface area contributed by atoms with Crippen molar-refractivity contribution in [3.05, 3.63) is 28.9 Å².